The van der Waals surface area contributed by atoms with E-state index >= 15 is 0 Å². The minimum Gasteiger partial charge on any atom is -0.379 e. The molecule has 1 atom stereocenters. The number of halogens is 4. The summed E-state index contributed by atoms with van der Waals surface area (Å²) in [5.41, 5.74) is -7.61. The fourth-order valence-electron chi connectivity index (χ4n) is 2.15. The third-order valence-electron chi connectivity index (χ3n) is 3.77. The molecule has 2 rings (SSSR count). The van der Waals surface area contributed by atoms with Gasteiger partial charge in [-0.15, -0.1) is 0 Å². The van der Waals surface area contributed by atoms with Gasteiger partial charge in [0.05, 0.1) is 37.4 Å². The van der Waals surface area contributed by atoms with E-state index in [4.69, 9.17) is 14.9 Å². The molecule has 30 heavy (non-hydrogen) atoms. The summed E-state index contributed by atoms with van der Waals surface area (Å²) in [5, 5.41) is 21.4. The molecule has 2 aromatic carbocycles. The number of nitrogens with one attached hydrogen (secondary N) is 1. The molecular formula is C19H16F4N2O4S. The zero-order chi connectivity index (χ0) is 28.8. The van der Waals surface area contributed by atoms with E-state index in [1.165, 1.54) is 0 Å². The first-order chi connectivity index (χ1) is 16.8. The molecule has 0 spiro atoms. The van der Waals surface area contributed by atoms with Crippen molar-refractivity contribution in [2.75, 3.05) is 11.1 Å². The third kappa shape index (κ3) is 5.14. The van der Waals surface area contributed by atoms with Crippen LogP contribution in [0.1, 0.15) is 34.1 Å². The van der Waals surface area contributed by atoms with Crippen molar-refractivity contribution in [1.82, 2.24) is 0 Å². The first-order valence-electron chi connectivity index (χ1n) is 11.4. The van der Waals surface area contributed by atoms with Gasteiger partial charge in [-0.25, -0.2) is 12.8 Å². The van der Waals surface area contributed by atoms with Crippen molar-refractivity contribution in [1.29, 1.82) is 5.26 Å². The number of rotatable bonds is 6. The van der Waals surface area contributed by atoms with Gasteiger partial charge < -0.3 is 10.4 Å². The number of hydrogen-bond acceptors (Lipinski definition) is 5. The van der Waals surface area contributed by atoms with Crippen LogP contribution in [-0.4, -0.2) is 30.8 Å². The highest BCUT2D eigenvalue weighted by Crippen LogP contribution is 2.34. The zero-order valence-electron chi connectivity index (χ0n) is 22.0. The quantitative estimate of drug-likeness (QED) is 0.518. The van der Waals surface area contributed by atoms with Crippen molar-refractivity contribution in [3.05, 3.63) is 59.2 Å². The Morgan fingerprint density at radius 2 is 1.83 bits per heavy atom. The molecule has 6 nitrogen and oxygen atoms in total. The van der Waals surface area contributed by atoms with E-state index < -0.39 is 110 Å². The van der Waals surface area contributed by atoms with Crippen LogP contribution in [-0.2, 0) is 20.8 Å². The molecule has 160 valence electrons. The van der Waals surface area contributed by atoms with Gasteiger partial charge in [0, 0.05) is 5.69 Å². The fourth-order valence-corrected chi connectivity index (χ4v) is 3.67. The van der Waals surface area contributed by atoms with Crippen LogP contribution >= 0.6 is 0 Å². The van der Waals surface area contributed by atoms with Crippen molar-refractivity contribution in [3.8, 4) is 6.07 Å². The van der Waals surface area contributed by atoms with E-state index in [0.29, 0.717) is 0 Å². The number of aliphatic hydroxyl groups is 1. The number of hydrogen-bond donors (Lipinski definition) is 2. The predicted octanol–water partition coefficient (Wildman–Crippen LogP) is 3.27. The van der Waals surface area contributed by atoms with Crippen molar-refractivity contribution in [3.63, 3.8) is 0 Å². The molecular weight excluding hydrogens is 428 g/mol. The highest BCUT2D eigenvalue weighted by atomic mass is 32.2. The summed E-state index contributed by atoms with van der Waals surface area (Å²) in [7, 11) is -5.11. The summed E-state index contributed by atoms with van der Waals surface area (Å²) in [6.45, 7) is 1.06. The van der Waals surface area contributed by atoms with Crippen LogP contribution in [0.3, 0.4) is 0 Å². The number of alkyl halides is 3. The van der Waals surface area contributed by atoms with E-state index in [1.807, 2.05) is 0 Å². The zero-order valence-corrected chi connectivity index (χ0v) is 15.8. The number of benzene rings is 2. The smallest absolute Gasteiger partial charge is 0.379 e. The van der Waals surface area contributed by atoms with Crippen LogP contribution in [0, 0.1) is 17.1 Å². The Kier molecular flexibility index (Phi) is 4.18. The number of carbonyl (C=O) groups excluding carboxylic acids is 1. The molecule has 0 aliphatic heterocycles. The Labute approximate surface area is 179 Å². The second-order valence-electron chi connectivity index (χ2n) is 5.85. The molecule has 1 amide bonds. The minimum atomic E-state index is -5.37. The monoisotopic (exact) mass is 451 g/mol. The van der Waals surface area contributed by atoms with Gasteiger partial charge in [-0.3, -0.25) is 4.79 Å². The first-order valence-corrected chi connectivity index (χ1v) is 9.55. The molecule has 0 aromatic heterocycles. The summed E-state index contributed by atoms with van der Waals surface area (Å²) >= 11 is 0. The average molecular weight is 451 g/mol. The lowest BCUT2D eigenvalue weighted by molar-refractivity contribution is -0.138. The molecule has 0 saturated heterocycles. The fraction of sp³-hybridized carbons (Fsp3) is 0.263. The van der Waals surface area contributed by atoms with Crippen LogP contribution < -0.4 is 5.32 Å². The SMILES string of the molecule is [2H]c1c([2H])c(S(=O)(=O)CC(O)(CC)C(=O)Nc2c([2H])c([2H])c(C#N)c(C(F)(F)F)c2[2H])c([2H])c([2H])c1F. The molecule has 0 aliphatic rings. The van der Waals surface area contributed by atoms with E-state index in [-0.39, 0.29) is 0 Å². The topological polar surface area (TPSA) is 107 Å². The number of amides is 1. The molecule has 0 aliphatic carbocycles. The van der Waals surface area contributed by atoms with Crippen LogP contribution in [0.15, 0.2) is 47.2 Å². The summed E-state index contributed by atoms with van der Waals surface area (Å²) in [4.78, 5) is 11.5. The molecule has 0 radical (unpaired) electrons. The van der Waals surface area contributed by atoms with Gasteiger partial charge in [0.15, 0.2) is 15.4 Å². The minimum absolute atomic E-state index is 0.766. The van der Waals surface area contributed by atoms with Gasteiger partial charge in [-0.05, 0) is 48.7 Å². The van der Waals surface area contributed by atoms with Crippen LogP contribution in [0.25, 0.3) is 0 Å². The first kappa shape index (κ1) is 14.9. The summed E-state index contributed by atoms with van der Waals surface area (Å²) in [5.74, 6) is -5.06. The number of carbonyl (C=O) groups is 1. The van der Waals surface area contributed by atoms with Crippen molar-refractivity contribution in [2.45, 2.75) is 30.0 Å². The lowest BCUT2D eigenvalue weighted by atomic mass is 10.0. The molecule has 2 aromatic rings. The van der Waals surface area contributed by atoms with E-state index in [0.717, 1.165) is 13.0 Å². The summed E-state index contributed by atoms with van der Waals surface area (Å²) < 4.78 is 133. The highest BCUT2D eigenvalue weighted by molar-refractivity contribution is 7.91. The molecule has 0 saturated carbocycles. The van der Waals surface area contributed by atoms with Crippen molar-refractivity contribution >= 4 is 21.4 Å². The van der Waals surface area contributed by atoms with Gasteiger partial charge in [0.25, 0.3) is 5.91 Å². The Bertz CT molecular complexity index is 1430. The van der Waals surface area contributed by atoms with Gasteiger partial charge in [0.2, 0.25) is 0 Å². The summed E-state index contributed by atoms with van der Waals surface area (Å²) in [6, 6.07) is -8.40. The lowest BCUT2D eigenvalue weighted by Gasteiger charge is -2.25. The molecule has 11 heteroatoms. The van der Waals surface area contributed by atoms with Crippen LogP contribution in [0.4, 0.5) is 23.2 Å². The number of nitriles is 1. The maximum Gasteiger partial charge on any atom is 0.417 e. The number of anilines is 1. The van der Waals surface area contributed by atoms with E-state index in [9.17, 15) is 35.9 Å². The van der Waals surface area contributed by atoms with Crippen molar-refractivity contribution < 1.29 is 45.5 Å². The largest absolute Gasteiger partial charge is 0.417 e. The Morgan fingerprint density at radius 1 is 1.23 bits per heavy atom. The Balaban J connectivity index is 2.64. The normalized spacial score (nSPS) is 17.2. The Hall–Kier alpha value is -2.97. The standard InChI is InChI=1S/C19H16F4N2O4S/c1-2-18(27,11-30(28,29)15-7-4-13(20)5-8-15)17(26)25-14-6-3-12(10-24)16(9-14)19(21,22)23/h3-9,27H,2,11H2,1H3,(H,25,26)/i3D,4D,5D,6D,7D,8D,9D. The van der Waals surface area contributed by atoms with Crippen LogP contribution in [0.5, 0.6) is 0 Å². The summed E-state index contributed by atoms with van der Waals surface area (Å²) in [6.07, 6.45) is -6.13. The van der Waals surface area contributed by atoms with Crippen LogP contribution in [0.2, 0.25) is 0 Å². The second kappa shape index (κ2) is 8.41. The maximum atomic E-state index is 13.8. The number of nitrogens with zero attached hydrogens (tertiary/aromatic N) is 1. The van der Waals surface area contributed by atoms with E-state index in [2.05, 4.69) is 0 Å². The molecule has 0 fully saturated rings. The van der Waals surface area contributed by atoms with Crippen molar-refractivity contribution in [2.24, 2.45) is 0 Å². The number of sulfone groups is 1. The maximum absolute atomic E-state index is 13.8. The predicted molar refractivity (Wildman–Crippen MR) is 98.5 cm³/mol. The lowest BCUT2D eigenvalue weighted by Crippen LogP contribution is -2.48. The Morgan fingerprint density at radius 3 is 2.33 bits per heavy atom. The van der Waals surface area contributed by atoms with Gasteiger partial charge in [-0.1, -0.05) is 6.92 Å². The highest BCUT2D eigenvalue weighted by Gasteiger charge is 2.40. The van der Waals surface area contributed by atoms with E-state index in [1.54, 1.807) is 5.32 Å². The molecule has 2 N–H and O–H groups in total. The molecule has 0 bridgehead atoms. The third-order valence-corrected chi connectivity index (χ3v) is 5.45. The van der Waals surface area contributed by atoms with Gasteiger partial charge in [-0.2, -0.15) is 18.4 Å². The second-order valence-corrected chi connectivity index (χ2v) is 7.78. The average Bonchev–Trinajstić information content (AvgIpc) is 2.79. The van der Waals surface area contributed by atoms with Gasteiger partial charge >= 0.3 is 6.18 Å². The molecule has 1 unspecified atom stereocenters. The molecule has 0 heterocycles. The van der Waals surface area contributed by atoms with Gasteiger partial charge in [0.1, 0.15) is 5.82 Å².